The summed E-state index contributed by atoms with van der Waals surface area (Å²) in [6, 6.07) is 17.9. The minimum atomic E-state index is -1.41. The maximum absolute atomic E-state index is 16.7. The number of nitrogens with zero attached hydrogens (tertiary/aromatic N) is 4. The Morgan fingerprint density at radius 2 is 0.987 bits per heavy atom. The molecule has 1 spiro atoms. The fourth-order valence-corrected chi connectivity index (χ4v) is 17.2. The van der Waals surface area contributed by atoms with Gasteiger partial charge in [0.15, 0.2) is 11.6 Å². The van der Waals surface area contributed by atoms with E-state index in [1.54, 1.807) is 38.1 Å². The number of anilines is 4. The van der Waals surface area contributed by atoms with Gasteiger partial charge >= 0.3 is 12.2 Å². The molecule has 6 amide bonds. The Morgan fingerprint density at radius 3 is 1.38 bits per heavy atom. The summed E-state index contributed by atoms with van der Waals surface area (Å²) in [5.74, 6) is -2.90. The number of halogens is 2. The molecule has 8 atom stereocenters. The highest BCUT2D eigenvalue weighted by atomic mass is 28.3. The molecule has 4 N–H and O–H groups in total. The van der Waals surface area contributed by atoms with Gasteiger partial charge in [-0.15, -0.1) is 0 Å². The van der Waals surface area contributed by atoms with Crippen LogP contribution in [-0.4, -0.2) is 145 Å². The van der Waals surface area contributed by atoms with Crippen molar-refractivity contribution in [1.29, 1.82) is 0 Å². The van der Waals surface area contributed by atoms with Crippen molar-refractivity contribution in [1.82, 2.24) is 20.4 Å². The number of likely N-dealkylation sites (tertiary alicyclic amines) is 2. The van der Waals surface area contributed by atoms with E-state index < -0.39 is 80.1 Å². The smallest absolute Gasteiger partial charge is 0.407 e. The van der Waals surface area contributed by atoms with E-state index in [1.165, 1.54) is 81.7 Å². The monoisotopic (exact) mass is 1070 g/mol. The summed E-state index contributed by atoms with van der Waals surface area (Å²) in [7, 11) is 3.85. The highest BCUT2D eigenvalue weighted by Gasteiger charge is 2.43. The third-order valence-corrected chi connectivity index (χ3v) is 22.1. The van der Waals surface area contributed by atoms with Gasteiger partial charge in [-0.1, -0.05) is 55.6 Å². The van der Waals surface area contributed by atoms with Gasteiger partial charge < -0.3 is 59.8 Å². The summed E-state index contributed by atoms with van der Waals surface area (Å²) < 4.78 is 53.6. The van der Waals surface area contributed by atoms with E-state index in [-0.39, 0.29) is 29.6 Å². The van der Waals surface area contributed by atoms with E-state index in [2.05, 4.69) is 26.2 Å². The Morgan fingerprint density at radius 1 is 0.566 bits per heavy atom. The van der Waals surface area contributed by atoms with Crippen LogP contribution >= 0.6 is 0 Å². The fraction of sp³-hybridized carbons (Fsp3) is 0.564. The minimum absolute atomic E-state index is 0.0212. The van der Waals surface area contributed by atoms with E-state index in [4.69, 9.17) is 18.9 Å². The number of alkyl carbamates (subject to hydrolysis) is 2. The van der Waals surface area contributed by atoms with Gasteiger partial charge in [-0.05, 0) is 112 Å². The molecule has 0 aromatic heterocycles. The van der Waals surface area contributed by atoms with E-state index in [1.807, 2.05) is 29.2 Å². The first-order chi connectivity index (χ1) is 36.6. The highest BCUT2D eigenvalue weighted by Crippen LogP contribution is 2.49. The molecule has 5 aliphatic rings. The Balaban J connectivity index is 1.01. The molecule has 5 aliphatic heterocycles. The van der Waals surface area contributed by atoms with E-state index >= 15 is 8.78 Å². The molecule has 21 heteroatoms. The van der Waals surface area contributed by atoms with Crippen molar-refractivity contribution in [2.24, 2.45) is 0 Å². The lowest BCUT2D eigenvalue weighted by atomic mass is 10.0. The normalized spacial score (nSPS) is 22.8. The zero-order chi connectivity index (χ0) is 54.3. The van der Waals surface area contributed by atoms with Crippen LogP contribution in [-0.2, 0) is 38.1 Å². The number of carbonyl (C=O) groups is 6. The van der Waals surface area contributed by atoms with E-state index in [9.17, 15) is 28.8 Å². The summed E-state index contributed by atoms with van der Waals surface area (Å²) in [6.45, 7) is 5.25. The highest BCUT2D eigenvalue weighted by molar-refractivity contribution is 6.80. The molecule has 3 aromatic carbocycles. The first-order valence-electron chi connectivity index (χ1n) is 26.8. The van der Waals surface area contributed by atoms with Crippen LogP contribution in [0, 0.1) is 11.6 Å². The van der Waals surface area contributed by atoms with Crippen LogP contribution in [0.4, 0.5) is 41.1 Å². The van der Waals surface area contributed by atoms with Crippen molar-refractivity contribution in [3.8, 4) is 0 Å². The molecule has 76 heavy (non-hydrogen) atoms. The van der Waals surface area contributed by atoms with E-state index in [0.717, 1.165) is 23.2 Å². The number of hydrogen-bond acceptors (Lipinski definition) is 12. The predicted octanol–water partition coefficient (Wildman–Crippen LogP) is 7.88. The fourth-order valence-electron chi connectivity index (χ4n) is 12.2. The molecule has 0 aliphatic carbocycles. The van der Waals surface area contributed by atoms with Gasteiger partial charge in [0.2, 0.25) is 23.6 Å². The number of rotatable bonds is 16. The van der Waals surface area contributed by atoms with Crippen molar-refractivity contribution in [3.63, 3.8) is 0 Å². The lowest BCUT2D eigenvalue weighted by Gasteiger charge is -2.43. The van der Waals surface area contributed by atoms with Gasteiger partial charge in [-0.3, -0.25) is 19.2 Å². The van der Waals surface area contributed by atoms with Crippen LogP contribution in [0.1, 0.15) is 94.8 Å². The first-order valence-corrected chi connectivity index (χ1v) is 29.6. The summed E-state index contributed by atoms with van der Waals surface area (Å²) in [5.41, 5.74) is 3.11. The standard InChI is InChI=1S/C55H74F2N8O10Si/c1-34(72-3)47(60-54(70)74-5)52(68)63-24-10-12-45(63)50(66)58-38-18-14-36(15-19-38)43-22-23-44(65(43)40-32-41(56)49(42(57)33-40)62-26-30-76(31-27-62)28-8-7-9-29-76)37-16-20-39(21-17-37)59-51(67)46-13-11-25-64(46)53(69)48(35(2)73-4)61-55(71)75-6/h14-21,32-35,43-48H,7-13,22-31H2,1-6H3,(H,58,66)(H,59,67)(H,60,70)(H,61,71)/t34-,35-,43+,44+,45+,46+,47+,48+/m1/s1. The van der Waals surface area contributed by atoms with Crippen molar-refractivity contribution in [2.45, 2.75) is 144 Å². The average molecular weight is 1070 g/mol. The Hall–Kier alpha value is -6.32. The van der Waals surface area contributed by atoms with Crippen LogP contribution in [0.25, 0.3) is 0 Å². The lowest BCUT2D eigenvalue weighted by molar-refractivity contribution is -0.141. The Kier molecular flexibility index (Phi) is 18.2. The van der Waals surface area contributed by atoms with Crippen molar-refractivity contribution < 1.29 is 56.5 Å². The number of ether oxygens (including phenoxy) is 4. The number of benzene rings is 3. The van der Waals surface area contributed by atoms with Crippen LogP contribution < -0.4 is 31.1 Å². The van der Waals surface area contributed by atoms with Crippen molar-refractivity contribution >= 4 is 66.6 Å². The van der Waals surface area contributed by atoms with Crippen LogP contribution in [0.15, 0.2) is 60.7 Å². The van der Waals surface area contributed by atoms with Crippen molar-refractivity contribution in [3.05, 3.63) is 83.4 Å². The third-order valence-electron chi connectivity index (χ3n) is 16.7. The topological polar surface area (TPSA) is 200 Å². The molecule has 8 rings (SSSR count). The maximum atomic E-state index is 16.7. The molecule has 0 radical (unpaired) electrons. The zero-order valence-corrected chi connectivity index (χ0v) is 45.5. The Labute approximate surface area is 444 Å². The predicted molar refractivity (Wildman–Crippen MR) is 286 cm³/mol. The van der Waals surface area contributed by atoms with Gasteiger partial charge in [-0.2, -0.15) is 0 Å². The Bertz CT molecular complexity index is 2410. The average Bonchev–Trinajstić information content (AvgIpc) is 4.24. The molecule has 18 nitrogen and oxygen atoms in total. The second-order valence-corrected chi connectivity index (χ2v) is 26.0. The quantitative estimate of drug-likeness (QED) is 0.101. The molecule has 3 aromatic rings. The van der Waals surface area contributed by atoms with Gasteiger partial charge in [-0.25, -0.2) is 18.4 Å². The molecule has 5 heterocycles. The van der Waals surface area contributed by atoms with Gasteiger partial charge in [0.05, 0.1) is 46.6 Å². The van der Waals surface area contributed by atoms with Crippen molar-refractivity contribution in [2.75, 3.05) is 75.1 Å². The number of hydrogen-bond donors (Lipinski definition) is 4. The number of nitrogens with one attached hydrogen (secondary N) is 4. The summed E-state index contributed by atoms with van der Waals surface area (Å²) in [5, 5.41) is 11.0. The summed E-state index contributed by atoms with van der Waals surface area (Å²) in [6.07, 6.45) is 4.09. The van der Waals surface area contributed by atoms with Gasteiger partial charge in [0, 0.05) is 57.5 Å². The van der Waals surface area contributed by atoms with E-state index in [0.29, 0.717) is 81.8 Å². The van der Waals surface area contributed by atoms with Gasteiger partial charge in [0.1, 0.15) is 29.9 Å². The molecular formula is C55H74F2N8O10Si. The lowest BCUT2D eigenvalue weighted by Crippen LogP contribution is -2.56. The van der Waals surface area contributed by atoms with Crippen LogP contribution in [0.2, 0.25) is 24.2 Å². The number of carbonyl (C=O) groups excluding carboxylic acids is 6. The second-order valence-electron chi connectivity index (χ2n) is 21.0. The van der Waals surface area contributed by atoms with Gasteiger partial charge in [0.25, 0.3) is 0 Å². The van der Waals surface area contributed by atoms with Crippen LogP contribution in [0.5, 0.6) is 0 Å². The number of amides is 6. The minimum Gasteiger partial charge on any atom is -0.453 e. The maximum Gasteiger partial charge on any atom is 0.407 e. The molecule has 0 unspecified atom stereocenters. The largest absolute Gasteiger partial charge is 0.453 e. The SMILES string of the molecule is COC(=O)N[C@H](C(=O)N1CCC[C@H]1C(=O)Nc1ccc([C@@H]2CC[C@@H](c3ccc(NC(=O)[C@@H]4CCCN4C(=O)[C@@H](NC(=O)OC)[C@@H](C)OC)cc3)N2c2cc(F)c(N3CC[Si]4(CCCCC4)CC3)c(F)c2)cc1)[C@@H](C)OC. The third kappa shape index (κ3) is 12.3. The summed E-state index contributed by atoms with van der Waals surface area (Å²) >= 11 is 0. The molecule has 0 bridgehead atoms. The molecular weight excluding hydrogens is 999 g/mol. The van der Waals surface area contributed by atoms with Crippen LogP contribution in [0.3, 0.4) is 0 Å². The molecule has 412 valence electrons. The second kappa shape index (κ2) is 24.8. The molecule has 5 fully saturated rings. The molecule has 5 saturated heterocycles. The first kappa shape index (κ1) is 55.9. The molecule has 0 saturated carbocycles. The zero-order valence-electron chi connectivity index (χ0n) is 44.5. The summed E-state index contributed by atoms with van der Waals surface area (Å²) in [4.78, 5) is 86.3. The number of methoxy groups -OCH3 is 4.